The molecule has 8 heteroatoms. The molecule has 32 heavy (non-hydrogen) atoms. The van der Waals surface area contributed by atoms with Crippen molar-refractivity contribution in [3.63, 3.8) is 0 Å². The number of carbonyl (C=O) groups excluding carboxylic acids is 1. The summed E-state index contributed by atoms with van der Waals surface area (Å²) in [4.78, 5) is 15.0. The van der Waals surface area contributed by atoms with E-state index in [4.69, 9.17) is 26.5 Å². The Balaban J connectivity index is 1.27. The molecule has 0 unspecified atom stereocenters. The number of amides is 1. The molecule has 7 nitrogen and oxygen atoms in total. The van der Waals surface area contributed by atoms with Crippen LogP contribution < -0.4 is 10.5 Å². The van der Waals surface area contributed by atoms with Gasteiger partial charge in [-0.1, -0.05) is 23.7 Å². The van der Waals surface area contributed by atoms with Crippen molar-refractivity contribution >= 4 is 17.5 Å². The third-order valence-corrected chi connectivity index (χ3v) is 7.38. The van der Waals surface area contributed by atoms with Crippen molar-refractivity contribution in [2.45, 2.75) is 45.2 Å². The summed E-state index contributed by atoms with van der Waals surface area (Å²) < 4.78 is 13.6. The molecule has 2 aliphatic heterocycles. The van der Waals surface area contributed by atoms with E-state index in [9.17, 15) is 4.79 Å². The first kappa shape index (κ1) is 21.1. The first-order valence-electron chi connectivity index (χ1n) is 10.9. The highest BCUT2D eigenvalue weighted by Crippen LogP contribution is 2.46. The maximum atomic E-state index is 13.1. The number of halogens is 1. The van der Waals surface area contributed by atoms with Crippen molar-refractivity contribution in [3.8, 4) is 5.75 Å². The summed E-state index contributed by atoms with van der Waals surface area (Å²) in [6, 6.07) is 9.79. The zero-order chi connectivity index (χ0) is 22.5. The van der Waals surface area contributed by atoms with Crippen molar-refractivity contribution in [2.24, 2.45) is 5.73 Å². The number of carbonyl (C=O) groups is 1. The summed E-state index contributed by atoms with van der Waals surface area (Å²) in [6.45, 7) is 6.73. The van der Waals surface area contributed by atoms with E-state index in [1.807, 2.05) is 36.9 Å². The number of hydrogen-bond donors (Lipinski definition) is 1. The van der Waals surface area contributed by atoms with Gasteiger partial charge in [-0.2, -0.15) is 5.10 Å². The molecule has 2 aromatic heterocycles. The topological polar surface area (TPSA) is 86.5 Å². The zero-order valence-corrected chi connectivity index (χ0v) is 19.1. The molecule has 1 spiro atoms. The number of fused-ring (bicyclic) bond motifs is 2. The average Bonchev–Trinajstić information content (AvgIpc) is 3.48. The molecule has 2 aliphatic rings. The van der Waals surface area contributed by atoms with Crippen LogP contribution in [0.15, 0.2) is 34.7 Å². The first-order valence-corrected chi connectivity index (χ1v) is 11.3. The highest BCUT2D eigenvalue weighted by Gasteiger charge is 2.44. The fourth-order valence-corrected chi connectivity index (χ4v) is 4.94. The van der Waals surface area contributed by atoms with Crippen LogP contribution in [0.5, 0.6) is 5.75 Å². The molecular formula is C24H27ClN4O3. The number of aryl methyl sites for hydroxylation is 1. The smallest absolute Gasteiger partial charge is 0.289 e. The second kappa shape index (κ2) is 7.98. The van der Waals surface area contributed by atoms with E-state index in [1.54, 1.807) is 10.7 Å². The summed E-state index contributed by atoms with van der Waals surface area (Å²) in [7, 11) is 0. The van der Waals surface area contributed by atoms with Gasteiger partial charge in [0.05, 0.1) is 29.6 Å². The molecule has 1 fully saturated rings. The summed E-state index contributed by atoms with van der Waals surface area (Å²) in [6.07, 6.45) is 1.72. The molecule has 5 rings (SSSR count). The number of rotatable bonds is 4. The van der Waals surface area contributed by atoms with Gasteiger partial charge in [-0.25, -0.2) is 0 Å². The molecule has 1 amide bonds. The van der Waals surface area contributed by atoms with E-state index in [-0.39, 0.29) is 11.3 Å². The SMILES string of the molecule is Cc1nn(Cc2ccc(C(=O)N3CCC4(CC3)COc3ccc(CN)cc34)o2)c(C)c1Cl. The molecule has 0 bridgehead atoms. The molecule has 0 aliphatic carbocycles. The lowest BCUT2D eigenvalue weighted by atomic mass is 9.74. The molecule has 0 atom stereocenters. The number of likely N-dealkylation sites (tertiary alicyclic amines) is 1. The van der Waals surface area contributed by atoms with Crippen LogP contribution in [-0.4, -0.2) is 40.3 Å². The second-order valence-corrected chi connectivity index (χ2v) is 9.18. The number of nitrogens with zero attached hydrogens (tertiary/aromatic N) is 3. The van der Waals surface area contributed by atoms with Gasteiger partial charge in [0.15, 0.2) is 5.76 Å². The minimum Gasteiger partial charge on any atom is -0.492 e. The Morgan fingerprint density at radius 1 is 1.22 bits per heavy atom. The van der Waals surface area contributed by atoms with Crippen molar-refractivity contribution in [2.75, 3.05) is 19.7 Å². The van der Waals surface area contributed by atoms with Gasteiger partial charge >= 0.3 is 0 Å². The van der Waals surface area contributed by atoms with Gasteiger partial charge in [-0.05, 0) is 50.5 Å². The lowest BCUT2D eigenvalue weighted by molar-refractivity contribution is 0.0613. The van der Waals surface area contributed by atoms with E-state index >= 15 is 0 Å². The Labute approximate surface area is 192 Å². The predicted molar refractivity (Wildman–Crippen MR) is 121 cm³/mol. The van der Waals surface area contributed by atoms with Crippen molar-refractivity contribution in [1.82, 2.24) is 14.7 Å². The molecular weight excluding hydrogens is 428 g/mol. The zero-order valence-electron chi connectivity index (χ0n) is 18.4. The van der Waals surface area contributed by atoms with Crippen LogP contribution in [-0.2, 0) is 18.5 Å². The van der Waals surface area contributed by atoms with E-state index < -0.39 is 0 Å². The summed E-state index contributed by atoms with van der Waals surface area (Å²) in [5, 5.41) is 5.09. The van der Waals surface area contributed by atoms with E-state index in [2.05, 4.69) is 11.2 Å². The van der Waals surface area contributed by atoms with Gasteiger partial charge in [0.25, 0.3) is 5.91 Å². The quantitative estimate of drug-likeness (QED) is 0.647. The molecule has 4 heterocycles. The number of benzene rings is 1. The number of hydrogen-bond acceptors (Lipinski definition) is 5. The minimum atomic E-state index is -0.0765. The van der Waals surface area contributed by atoms with Crippen LogP contribution in [0.25, 0.3) is 0 Å². The standard InChI is InChI=1S/C24H27ClN4O3/c1-15-22(25)16(2)29(27-15)13-18-4-6-21(32-18)23(30)28-9-7-24(8-10-28)14-31-20-5-3-17(12-26)11-19(20)24/h3-6,11H,7-10,12-14,26H2,1-2H3. The van der Waals surface area contributed by atoms with Crippen molar-refractivity contribution in [1.29, 1.82) is 0 Å². The number of piperidine rings is 1. The normalized spacial score (nSPS) is 16.9. The average molecular weight is 455 g/mol. The molecule has 1 saturated heterocycles. The monoisotopic (exact) mass is 454 g/mol. The number of ether oxygens (including phenoxy) is 1. The van der Waals surface area contributed by atoms with E-state index in [1.165, 1.54) is 5.56 Å². The predicted octanol–water partition coefficient (Wildman–Crippen LogP) is 3.82. The van der Waals surface area contributed by atoms with Gasteiger partial charge < -0.3 is 19.8 Å². The van der Waals surface area contributed by atoms with Crippen molar-refractivity contribution in [3.05, 3.63) is 69.4 Å². The lowest BCUT2D eigenvalue weighted by Crippen LogP contribution is -2.46. The summed E-state index contributed by atoms with van der Waals surface area (Å²) in [5.41, 5.74) is 9.80. The Morgan fingerprint density at radius 3 is 2.69 bits per heavy atom. The largest absolute Gasteiger partial charge is 0.492 e. The molecule has 0 radical (unpaired) electrons. The Bertz CT molecular complexity index is 1170. The van der Waals surface area contributed by atoms with Crippen LogP contribution in [0, 0.1) is 13.8 Å². The molecule has 1 aromatic carbocycles. The molecule has 168 valence electrons. The van der Waals surface area contributed by atoms with E-state index in [0.29, 0.717) is 49.3 Å². The Morgan fingerprint density at radius 2 is 2.00 bits per heavy atom. The van der Waals surface area contributed by atoms with E-state index in [0.717, 1.165) is 35.5 Å². The maximum Gasteiger partial charge on any atom is 0.289 e. The molecule has 0 saturated carbocycles. The third-order valence-electron chi connectivity index (χ3n) is 6.83. The van der Waals surface area contributed by atoms with Crippen LogP contribution in [0.2, 0.25) is 5.02 Å². The third kappa shape index (κ3) is 3.49. The van der Waals surface area contributed by atoms with Crippen LogP contribution in [0.1, 0.15) is 51.7 Å². The summed E-state index contributed by atoms with van der Waals surface area (Å²) in [5.74, 6) is 1.91. The highest BCUT2D eigenvalue weighted by molar-refractivity contribution is 6.31. The minimum absolute atomic E-state index is 0.0413. The van der Waals surface area contributed by atoms with Gasteiger partial charge in [0.2, 0.25) is 0 Å². The second-order valence-electron chi connectivity index (χ2n) is 8.80. The maximum absolute atomic E-state index is 13.1. The van der Waals surface area contributed by atoms with Crippen LogP contribution in [0.3, 0.4) is 0 Å². The number of nitrogens with two attached hydrogens (primary N) is 1. The Kier molecular flexibility index (Phi) is 5.26. The number of furan rings is 1. The van der Waals surface area contributed by atoms with Gasteiger partial charge in [0, 0.05) is 30.6 Å². The van der Waals surface area contributed by atoms with Gasteiger partial charge in [-0.15, -0.1) is 0 Å². The van der Waals surface area contributed by atoms with Crippen LogP contribution >= 0.6 is 11.6 Å². The van der Waals surface area contributed by atoms with Gasteiger partial charge in [0.1, 0.15) is 11.5 Å². The Hall–Kier alpha value is -2.77. The molecule has 3 aromatic rings. The fraction of sp³-hybridized carbons (Fsp3) is 0.417. The first-order chi connectivity index (χ1) is 15.4. The number of aromatic nitrogens is 2. The van der Waals surface area contributed by atoms with Gasteiger partial charge in [-0.3, -0.25) is 9.48 Å². The fourth-order valence-electron chi connectivity index (χ4n) is 4.80. The lowest BCUT2D eigenvalue weighted by Gasteiger charge is -2.38. The van der Waals surface area contributed by atoms with Crippen molar-refractivity contribution < 1.29 is 13.9 Å². The summed E-state index contributed by atoms with van der Waals surface area (Å²) >= 11 is 6.23. The van der Waals surface area contributed by atoms with Crippen LogP contribution in [0.4, 0.5) is 0 Å². The molecule has 2 N–H and O–H groups in total. The highest BCUT2D eigenvalue weighted by atomic mass is 35.5.